The Morgan fingerprint density at radius 1 is 1.40 bits per heavy atom. The first-order valence-corrected chi connectivity index (χ1v) is 5.38. The molecule has 1 rings (SSSR count). The van der Waals surface area contributed by atoms with Crippen molar-refractivity contribution in [3.8, 4) is 0 Å². The third-order valence-corrected chi connectivity index (χ3v) is 2.41. The molecule has 0 saturated heterocycles. The molecule has 1 aromatic rings. The number of aromatic nitrogens is 1. The fraction of sp³-hybridized carbons (Fsp3) is 0.583. The van der Waals surface area contributed by atoms with Gasteiger partial charge in [0.2, 0.25) is 0 Å². The van der Waals surface area contributed by atoms with Crippen molar-refractivity contribution in [1.82, 2.24) is 10.3 Å². The predicted molar refractivity (Wildman–Crippen MR) is 60.0 cm³/mol. The molecule has 1 heterocycles. The number of hydrogen-bond acceptors (Lipinski definition) is 2. The number of rotatable bonds is 5. The van der Waals surface area contributed by atoms with Crippen LogP contribution in [0.5, 0.6) is 0 Å². The standard InChI is InChI=1S/C12H19FN2/c1-4-5-12(2,3)15-8-10-6-11(13)9-14-7-10/h6-7,9,15H,4-5,8H2,1-3H3. The molecule has 3 heteroatoms. The molecule has 0 aliphatic carbocycles. The van der Waals surface area contributed by atoms with Crippen LogP contribution in [0.2, 0.25) is 0 Å². The Balaban J connectivity index is 2.49. The lowest BCUT2D eigenvalue weighted by molar-refractivity contribution is 0.356. The van der Waals surface area contributed by atoms with Crippen LogP contribution in [0.15, 0.2) is 18.5 Å². The molecule has 0 fully saturated rings. The van der Waals surface area contributed by atoms with Gasteiger partial charge >= 0.3 is 0 Å². The van der Waals surface area contributed by atoms with Crippen LogP contribution < -0.4 is 5.32 Å². The average molecular weight is 210 g/mol. The number of halogens is 1. The second-order valence-corrected chi connectivity index (χ2v) is 4.50. The summed E-state index contributed by atoms with van der Waals surface area (Å²) in [5.41, 5.74) is 0.986. The summed E-state index contributed by atoms with van der Waals surface area (Å²) in [4.78, 5) is 3.82. The Morgan fingerprint density at radius 2 is 2.13 bits per heavy atom. The van der Waals surface area contributed by atoms with E-state index in [4.69, 9.17) is 0 Å². The molecule has 0 saturated carbocycles. The Bertz CT molecular complexity index is 310. The monoisotopic (exact) mass is 210 g/mol. The van der Waals surface area contributed by atoms with Gasteiger partial charge in [-0.3, -0.25) is 4.98 Å². The molecule has 0 aromatic carbocycles. The zero-order valence-electron chi connectivity index (χ0n) is 9.68. The molecule has 0 aliphatic rings. The zero-order valence-corrected chi connectivity index (χ0v) is 9.68. The van der Waals surface area contributed by atoms with Crippen LogP contribution in [-0.2, 0) is 6.54 Å². The van der Waals surface area contributed by atoms with Gasteiger partial charge in [0, 0.05) is 18.3 Å². The summed E-state index contributed by atoms with van der Waals surface area (Å²) in [6.45, 7) is 7.14. The van der Waals surface area contributed by atoms with Gasteiger partial charge in [0.25, 0.3) is 0 Å². The highest BCUT2D eigenvalue weighted by Crippen LogP contribution is 2.12. The molecule has 84 valence electrons. The lowest BCUT2D eigenvalue weighted by Crippen LogP contribution is -2.38. The van der Waals surface area contributed by atoms with E-state index >= 15 is 0 Å². The summed E-state index contributed by atoms with van der Waals surface area (Å²) in [7, 11) is 0. The average Bonchev–Trinajstić information content (AvgIpc) is 2.15. The molecule has 0 atom stereocenters. The van der Waals surface area contributed by atoms with Crippen molar-refractivity contribution >= 4 is 0 Å². The lowest BCUT2D eigenvalue weighted by Gasteiger charge is -2.25. The molecule has 0 aliphatic heterocycles. The largest absolute Gasteiger partial charge is 0.308 e. The van der Waals surface area contributed by atoms with E-state index in [2.05, 4.69) is 31.1 Å². The summed E-state index contributed by atoms with van der Waals surface area (Å²) in [5, 5.41) is 3.40. The minimum absolute atomic E-state index is 0.0983. The maximum Gasteiger partial charge on any atom is 0.141 e. The topological polar surface area (TPSA) is 24.9 Å². The minimum Gasteiger partial charge on any atom is -0.308 e. The molecule has 0 spiro atoms. The Labute approximate surface area is 90.9 Å². The van der Waals surface area contributed by atoms with E-state index in [0.717, 1.165) is 18.4 Å². The summed E-state index contributed by atoms with van der Waals surface area (Å²) < 4.78 is 12.8. The highest BCUT2D eigenvalue weighted by Gasteiger charge is 2.15. The summed E-state index contributed by atoms with van der Waals surface area (Å²) in [6, 6.07) is 1.52. The maximum absolute atomic E-state index is 12.8. The number of hydrogen-bond donors (Lipinski definition) is 1. The molecule has 15 heavy (non-hydrogen) atoms. The predicted octanol–water partition coefficient (Wildman–Crippen LogP) is 2.89. The van der Waals surface area contributed by atoms with Gasteiger partial charge in [-0.1, -0.05) is 13.3 Å². The van der Waals surface area contributed by atoms with Gasteiger partial charge in [-0.2, -0.15) is 0 Å². The highest BCUT2D eigenvalue weighted by molar-refractivity contribution is 5.10. The van der Waals surface area contributed by atoms with Crippen molar-refractivity contribution in [2.45, 2.75) is 45.7 Å². The van der Waals surface area contributed by atoms with Crippen LogP contribution in [0.4, 0.5) is 4.39 Å². The Morgan fingerprint density at radius 3 is 2.73 bits per heavy atom. The normalized spacial score (nSPS) is 11.7. The van der Waals surface area contributed by atoms with Crippen molar-refractivity contribution < 1.29 is 4.39 Å². The van der Waals surface area contributed by atoms with E-state index in [9.17, 15) is 4.39 Å². The van der Waals surface area contributed by atoms with Crippen molar-refractivity contribution in [3.05, 3.63) is 29.8 Å². The summed E-state index contributed by atoms with van der Waals surface area (Å²) in [6.07, 6.45) is 5.16. The van der Waals surface area contributed by atoms with Gasteiger partial charge < -0.3 is 5.32 Å². The van der Waals surface area contributed by atoms with Gasteiger partial charge in [0.15, 0.2) is 0 Å². The molecule has 1 N–H and O–H groups in total. The van der Waals surface area contributed by atoms with E-state index in [-0.39, 0.29) is 11.4 Å². The number of nitrogens with zero attached hydrogens (tertiary/aromatic N) is 1. The van der Waals surface area contributed by atoms with Crippen LogP contribution in [0.3, 0.4) is 0 Å². The van der Waals surface area contributed by atoms with E-state index in [0.29, 0.717) is 6.54 Å². The highest BCUT2D eigenvalue weighted by atomic mass is 19.1. The molecule has 0 bridgehead atoms. The van der Waals surface area contributed by atoms with Crippen molar-refractivity contribution in [2.75, 3.05) is 0 Å². The molecule has 0 amide bonds. The second kappa shape index (κ2) is 5.21. The SMILES string of the molecule is CCCC(C)(C)NCc1cncc(F)c1. The molecular weight excluding hydrogens is 191 g/mol. The quantitative estimate of drug-likeness (QED) is 0.808. The van der Waals surface area contributed by atoms with Crippen LogP contribution >= 0.6 is 0 Å². The van der Waals surface area contributed by atoms with Crippen LogP contribution in [0, 0.1) is 5.82 Å². The summed E-state index contributed by atoms with van der Waals surface area (Å²) >= 11 is 0. The number of nitrogens with one attached hydrogen (secondary N) is 1. The Kier molecular flexibility index (Phi) is 4.21. The first kappa shape index (κ1) is 12.1. The first-order chi connectivity index (χ1) is 7.03. The third kappa shape index (κ3) is 4.38. The van der Waals surface area contributed by atoms with Gasteiger partial charge in [-0.05, 0) is 31.9 Å². The van der Waals surface area contributed by atoms with Gasteiger partial charge in [0.1, 0.15) is 5.82 Å². The lowest BCUT2D eigenvalue weighted by atomic mass is 9.99. The van der Waals surface area contributed by atoms with E-state index < -0.39 is 0 Å². The molecule has 0 unspecified atom stereocenters. The van der Waals surface area contributed by atoms with E-state index in [1.165, 1.54) is 12.3 Å². The van der Waals surface area contributed by atoms with Crippen LogP contribution in [0.1, 0.15) is 39.2 Å². The molecule has 2 nitrogen and oxygen atoms in total. The smallest absolute Gasteiger partial charge is 0.141 e. The second-order valence-electron chi connectivity index (χ2n) is 4.50. The van der Waals surface area contributed by atoms with Crippen molar-refractivity contribution in [2.24, 2.45) is 0 Å². The fourth-order valence-corrected chi connectivity index (χ4v) is 1.61. The van der Waals surface area contributed by atoms with Crippen LogP contribution in [0.25, 0.3) is 0 Å². The fourth-order valence-electron chi connectivity index (χ4n) is 1.61. The Hall–Kier alpha value is -0.960. The summed E-state index contributed by atoms with van der Waals surface area (Å²) in [5.74, 6) is -0.275. The van der Waals surface area contributed by atoms with Crippen LogP contribution in [-0.4, -0.2) is 10.5 Å². The maximum atomic E-state index is 12.8. The van der Waals surface area contributed by atoms with E-state index in [1.807, 2.05) is 0 Å². The van der Waals surface area contributed by atoms with Crippen molar-refractivity contribution in [3.63, 3.8) is 0 Å². The molecule has 1 aromatic heterocycles. The zero-order chi connectivity index (χ0) is 11.3. The number of pyridine rings is 1. The van der Waals surface area contributed by atoms with Gasteiger partial charge in [-0.15, -0.1) is 0 Å². The van der Waals surface area contributed by atoms with Gasteiger partial charge in [0.05, 0.1) is 6.20 Å². The van der Waals surface area contributed by atoms with E-state index in [1.54, 1.807) is 6.20 Å². The first-order valence-electron chi connectivity index (χ1n) is 5.38. The minimum atomic E-state index is -0.275. The molecular formula is C12H19FN2. The third-order valence-electron chi connectivity index (χ3n) is 2.41. The van der Waals surface area contributed by atoms with Crippen molar-refractivity contribution in [1.29, 1.82) is 0 Å². The van der Waals surface area contributed by atoms with Gasteiger partial charge in [-0.25, -0.2) is 4.39 Å². The molecule has 0 radical (unpaired) electrons.